The Balaban J connectivity index is 2.93. The van der Waals surface area contributed by atoms with Crippen LogP contribution in [-0.2, 0) is 0 Å². The first-order valence-electron chi connectivity index (χ1n) is 4.97. The first-order valence-corrected chi connectivity index (χ1v) is 6.14. The molecule has 16 heavy (non-hydrogen) atoms. The molecule has 0 aliphatic heterocycles. The van der Waals surface area contributed by atoms with Gasteiger partial charge >= 0.3 is 0 Å². The van der Waals surface area contributed by atoms with Gasteiger partial charge in [-0.25, -0.2) is 0 Å². The molecule has 2 nitrogen and oxygen atoms in total. The Kier molecular flexibility index (Phi) is 5.32. The van der Waals surface area contributed by atoms with Crippen LogP contribution in [0.3, 0.4) is 0 Å². The van der Waals surface area contributed by atoms with Crippen LogP contribution in [0.15, 0.2) is 34.3 Å². The van der Waals surface area contributed by atoms with E-state index in [4.69, 9.17) is 16.3 Å². The first-order chi connectivity index (χ1) is 7.54. The van der Waals surface area contributed by atoms with E-state index in [-0.39, 0.29) is 6.04 Å². The summed E-state index contributed by atoms with van der Waals surface area (Å²) >= 11 is 9.11. The lowest BCUT2D eigenvalue weighted by Crippen LogP contribution is -2.14. The second kappa shape index (κ2) is 6.28. The number of hydrogen-bond acceptors (Lipinski definition) is 2. The molecule has 1 rings (SSSR count). The van der Waals surface area contributed by atoms with Crippen molar-refractivity contribution in [2.45, 2.75) is 13.0 Å². The SMILES string of the molecule is C=C(Cl)COc1cc(Br)ccc1C(C)NC. The maximum Gasteiger partial charge on any atom is 0.125 e. The summed E-state index contributed by atoms with van der Waals surface area (Å²) in [6.07, 6.45) is 0. The quantitative estimate of drug-likeness (QED) is 0.892. The average molecular weight is 305 g/mol. The third-order valence-corrected chi connectivity index (χ3v) is 2.86. The maximum absolute atomic E-state index is 5.69. The summed E-state index contributed by atoms with van der Waals surface area (Å²) < 4.78 is 6.58. The van der Waals surface area contributed by atoms with Crippen molar-refractivity contribution < 1.29 is 4.74 Å². The Morgan fingerprint density at radius 1 is 1.62 bits per heavy atom. The van der Waals surface area contributed by atoms with Gasteiger partial charge in [-0.15, -0.1) is 0 Å². The highest BCUT2D eigenvalue weighted by atomic mass is 79.9. The zero-order valence-corrected chi connectivity index (χ0v) is 11.7. The van der Waals surface area contributed by atoms with Crippen LogP contribution < -0.4 is 10.1 Å². The summed E-state index contributed by atoms with van der Waals surface area (Å²) in [5.74, 6) is 0.818. The van der Waals surface area contributed by atoms with Gasteiger partial charge in [0, 0.05) is 21.1 Å². The van der Waals surface area contributed by atoms with Crippen molar-refractivity contribution in [3.63, 3.8) is 0 Å². The van der Waals surface area contributed by atoms with Crippen LogP contribution in [-0.4, -0.2) is 13.7 Å². The van der Waals surface area contributed by atoms with Gasteiger partial charge < -0.3 is 10.1 Å². The molecule has 4 heteroatoms. The predicted octanol–water partition coefficient (Wildman–Crippen LogP) is 3.86. The standard InChI is InChI=1S/C12H15BrClNO/c1-8(14)7-16-12-6-10(13)4-5-11(12)9(2)15-3/h4-6,9,15H,1,7H2,2-3H3. The lowest BCUT2D eigenvalue weighted by atomic mass is 10.1. The number of hydrogen-bond donors (Lipinski definition) is 1. The molecule has 0 radical (unpaired) electrons. The van der Waals surface area contributed by atoms with Crippen molar-refractivity contribution >= 4 is 27.5 Å². The molecule has 0 bridgehead atoms. The van der Waals surface area contributed by atoms with Gasteiger partial charge in [-0.3, -0.25) is 0 Å². The van der Waals surface area contributed by atoms with Crippen LogP contribution in [0.25, 0.3) is 0 Å². The summed E-state index contributed by atoms with van der Waals surface area (Å²) in [4.78, 5) is 0. The second-order valence-corrected chi connectivity index (χ2v) is 4.95. The number of ether oxygens (including phenoxy) is 1. The van der Waals surface area contributed by atoms with E-state index in [1.54, 1.807) is 0 Å². The Morgan fingerprint density at radius 3 is 2.88 bits per heavy atom. The molecule has 0 aromatic heterocycles. The molecule has 1 unspecified atom stereocenters. The molecule has 0 saturated carbocycles. The highest BCUT2D eigenvalue weighted by Gasteiger charge is 2.10. The molecule has 0 spiro atoms. The summed E-state index contributed by atoms with van der Waals surface area (Å²) in [6.45, 7) is 6.00. The van der Waals surface area contributed by atoms with Gasteiger partial charge in [0.25, 0.3) is 0 Å². The number of halogens is 2. The van der Waals surface area contributed by atoms with E-state index in [9.17, 15) is 0 Å². The van der Waals surface area contributed by atoms with Crippen molar-refractivity contribution in [2.75, 3.05) is 13.7 Å². The van der Waals surface area contributed by atoms with Gasteiger partial charge in [0.2, 0.25) is 0 Å². The fourth-order valence-corrected chi connectivity index (χ4v) is 1.70. The molecule has 0 saturated heterocycles. The van der Waals surface area contributed by atoms with Crippen molar-refractivity contribution in [3.8, 4) is 5.75 Å². The number of rotatable bonds is 5. The van der Waals surface area contributed by atoms with E-state index in [0.29, 0.717) is 11.6 Å². The Hall–Kier alpha value is -0.510. The summed E-state index contributed by atoms with van der Waals surface area (Å²) in [5.41, 5.74) is 1.10. The molecule has 1 aromatic rings. The van der Waals surface area contributed by atoms with Crippen LogP contribution in [0, 0.1) is 0 Å². The van der Waals surface area contributed by atoms with Crippen molar-refractivity contribution in [1.29, 1.82) is 0 Å². The van der Waals surface area contributed by atoms with E-state index < -0.39 is 0 Å². The van der Waals surface area contributed by atoms with E-state index in [0.717, 1.165) is 15.8 Å². The van der Waals surface area contributed by atoms with Crippen molar-refractivity contribution in [1.82, 2.24) is 5.32 Å². The molecule has 1 N–H and O–H groups in total. The zero-order valence-electron chi connectivity index (χ0n) is 9.39. The lowest BCUT2D eigenvalue weighted by molar-refractivity contribution is 0.351. The summed E-state index contributed by atoms with van der Waals surface area (Å²) in [5, 5.41) is 3.67. The van der Waals surface area contributed by atoms with Gasteiger partial charge in [0.05, 0.1) is 0 Å². The molecule has 0 aliphatic rings. The van der Waals surface area contributed by atoms with Crippen LogP contribution >= 0.6 is 27.5 Å². The molecule has 0 fully saturated rings. The highest BCUT2D eigenvalue weighted by molar-refractivity contribution is 9.10. The van der Waals surface area contributed by atoms with Gasteiger partial charge in [-0.05, 0) is 26.1 Å². The van der Waals surface area contributed by atoms with Crippen LogP contribution in [0.4, 0.5) is 0 Å². The third-order valence-electron chi connectivity index (χ3n) is 2.26. The Bertz CT molecular complexity index is 381. The monoisotopic (exact) mass is 303 g/mol. The molecule has 0 amide bonds. The predicted molar refractivity (Wildman–Crippen MR) is 72.1 cm³/mol. The van der Waals surface area contributed by atoms with Gasteiger partial charge in [0.15, 0.2) is 0 Å². The first kappa shape index (κ1) is 13.6. The largest absolute Gasteiger partial charge is 0.488 e. The minimum atomic E-state index is 0.228. The number of nitrogens with one attached hydrogen (secondary N) is 1. The van der Waals surface area contributed by atoms with Gasteiger partial charge in [-0.2, -0.15) is 0 Å². The highest BCUT2D eigenvalue weighted by Crippen LogP contribution is 2.28. The molecule has 1 atom stereocenters. The fourth-order valence-electron chi connectivity index (χ4n) is 1.30. The summed E-state index contributed by atoms with van der Waals surface area (Å²) in [7, 11) is 1.91. The summed E-state index contributed by atoms with van der Waals surface area (Å²) in [6, 6.07) is 6.18. The molecular formula is C12H15BrClNO. The van der Waals surface area contributed by atoms with Gasteiger partial charge in [0.1, 0.15) is 12.4 Å². The molecule has 0 heterocycles. The average Bonchev–Trinajstić information content (AvgIpc) is 2.25. The van der Waals surface area contributed by atoms with Crippen LogP contribution in [0.1, 0.15) is 18.5 Å². The Labute approximate surface area is 110 Å². The Morgan fingerprint density at radius 2 is 2.31 bits per heavy atom. The lowest BCUT2D eigenvalue weighted by Gasteiger charge is -2.16. The maximum atomic E-state index is 5.69. The van der Waals surface area contributed by atoms with Gasteiger partial charge in [-0.1, -0.05) is 40.2 Å². The smallest absolute Gasteiger partial charge is 0.125 e. The minimum absolute atomic E-state index is 0.228. The molecular weight excluding hydrogens is 289 g/mol. The normalized spacial score (nSPS) is 12.2. The molecule has 88 valence electrons. The minimum Gasteiger partial charge on any atom is -0.488 e. The fraction of sp³-hybridized carbons (Fsp3) is 0.333. The second-order valence-electron chi connectivity index (χ2n) is 3.50. The molecule has 1 aromatic carbocycles. The van der Waals surface area contributed by atoms with Crippen molar-refractivity contribution in [2.24, 2.45) is 0 Å². The zero-order chi connectivity index (χ0) is 12.1. The van der Waals surface area contributed by atoms with Crippen LogP contribution in [0.2, 0.25) is 0 Å². The number of benzene rings is 1. The van der Waals surface area contributed by atoms with E-state index in [1.807, 2.05) is 25.2 Å². The van der Waals surface area contributed by atoms with Crippen LogP contribution in [0.5, 0.6) is 5.75 Å². The molecule has 0 aliphatic carbocycles. The third kappa shape index (κ3) is 3.81. The van der Waals surface area contributed by atoms with E-state index in [1.165, 1.54) is 0 Å². The topological polar surface area (TPSA) is 21.3 Å². The van der Waals surface area contributed by atoms with E-state index in [2.05, 4.69) is 34.7 Å². The van der Waals surface area contributed by atoms with Crippen molar-refractivity contribution in [3.05, 3.63) is 39.8 Å². The van der Waals surface area contributed by atoms with E-state index >= 15 is 0 Å².